The minimum Gasteiger partial charge on any atom is -0.506 e. The van der Waals surface area contributed by atoms with Crippen molar-refractivity contribution in [3.05, 3.63) is 27.7 Å². The van der Waals surface area contributed by atoms with Gasteiger partial charge in [-0.25, -0.2) is 4.79 Å². The molecule has 7 heteroatoms. The van der Waals surface area contributed by atoms with Crippen LogP contribution in [-0.4, -0.2) is 16.2 Å². The largest absolute Gasteiger partial charge is 0.506 e. The molecule has 0 heterocycles. The number of phenols is 1. The van der Waals surface area contributed by atoms with Gasteiger partial charge in [0.25, 0.3) is 0 Å². The lowest BCUT2D eigenvalue weighted by molar-refractivity contribution is -0.139. The molecule has 0 aromatic heterocycles. The highest BCUT2D eigenvalue weighted by molar-refractivity contribution is 9.10. The van der Waals surface area contributed by atoms with E-state index in [0.29, 0.717) is 0 Å². The maximum atomic E-state index is 12.4. The van der Waals surface area contributed by atoms with Gasteiger partial charge in [0, 0.05) is 4.47 Å². The molecule has 0 fully saturated rings. The van der Waals surface area contributed by atoms with Gasteiger partial charge < -0.3 is 10.2 Å². The molecule has 0 radical (unpaired) electrons. The Labute approximate surface area is 90.3 Å². The van der Waals surface area contributed by atoms with Crippen LogP contribution in [0.25, 0.3) is 0 Å². The number of benzene rings is 1. The Hall–Kier alpha value is -1.24. The summed E-state index contributed by atoms with van der Waals surface area (Å²) < 4.78 is 36.7. The molecule has 1 rings (SSSR count). The topological polar surface area (TPSA) is 57.5 Å². The number of carboxylic acids is 1. The van der Waals surface area contributed by atoms with Crippen molar-refractivity contribution in [3.63, 3.8) is 0 Å². The Bertz CT molecular complexity index is 414. The third-order valence-electron chi connectivity index (χ3n) is 1.64. The predicted octanol–water partition coefficient (Wildman–Crippen LogP) is 2.87. The molecule has 0 amide bonds. The van der Waals surface area contributed by atoms with Crippen LogP contribution in [0.2, 0.25) is 0 Å². The van der Waals surface area contributed by atoms with E-state index < -0.39 is 33.5 Å². The molecule has 0 saturated carbocycles. The van der Waals surface area contributed by atoms with Crippen LogP contribution in [0.3, 0.4) is 0 Å². The molecule has 1 aromatic carbocycles. The van der Waals surface area contributed by atoms with E-state index in [2.05, 4.69) is 15.9 Å². The summed E-state index contributed by atoms with van der Waals surface area (Å²) in [6, 6.07) is 1.81. The Kier molecular flexibility index (Phi) is 2.94. The number of aromatic carboxylic acids is 1. The SMILES string of the molecule is O=C(O)c1ccc(Br)c(C(F)(F)F)c1O. The third kappa shape index (κ3) is 2.23. The van der Waals surface area contributed by atoms with E-state index in [0.717, 1.165) is 12.1 Å². The first-order valence-corrected chi connectivity index (χ1v) is 4.36. The lowest BCUT2D eigenvalue weighted by Gasteiger charge is -2.12. The zero-order chi connectivity index (χ0) is 11.8. The molecule has 15 heavy (non-hydrogen) atoms. The van der Waals surface area contributed by atoms with Crippen molar-refractivity contribution in [2.75, 3.05) is 0 Å². The zero-order valence-corrected chi connectivity index (χ0v) is 8.56. The summed E-state index contributed by atoms with van der Waals surface area (Å²) in [5.74, 6) is -2.91. The number of carboxylic acid groups (broad SMARTS) is 1. The van der Waals surface area contributed by atoms with E-state index in [1.165, 1.54) is 0 Å². The molecule has 0 atom stereocenters. The van der Waals surface area contributed by atoms with Gasteiger partial charge in [-0.3, -0.25) is 0 Å². The molecular formula is C8H4BrF3O3. The maximum Gasteiger partial charge on any atom is 0.421 e. The summed E-state index contributed by atoms with van der Waals surface area (Å²) >= 11 is 2.59. The number of carbonyl (C=O) groups is 1. The normalized spacial score (nSPS) is 11.5. The summed E-state index contributed by atoms with van der Waals surface area (Å²) in [4.78, 5) is 10.5. The van der Waals surface area contributed by atoms with Gasteiger partial charge in [0.2, 0.25) is 0 Å². The van der Waals surface area contributed by atoms with Gasteiger partial charge >= 0.3 is 12.1 Å². The van der Waals surface area contributed by atoms with Crippen LogP contribution in [-0.2, 0) is 6.18 Å². The van der Waals surface area contributed by atoms with Gasteiger partial charge in [-0.15, -0.1) is 0 Å². The van der Waals surface area contributed by atoms with Crippen molar-refractivity contribution >= 4 is 21.9 Å². The van der Waals surface area contributed by atoms with Crippen molar-refractivity contribution < 1.29 is 28.2 Å². The Morgan fingerprint density at radius 3 is 2.27 bits per heavy atom. The van der Waals surface area contributed by atoms with Gasteiger partial charge in [-0.1, -0.05) is 15.9 Å². The minimum absolute atomic E-state index is 0.405. The van der Waals surface area contributed by atoms with Crippen LogP contribution in [0.4, 0.5) is 13.2 Å². The second kappa shape index (κ2) is 3.73. The van der Waals surface area contributed by atoms with Crippen LogP contribution in [0.15, 0.2) is 16.6 Å². The van der Waals surface area contributed by atoms with Crippen LogP contribution in [0.5, 0.6) is 5.75 Å². The van der Waals surface area contributed by atoms with Crippen molar-refractivity contribution in [2.45, 2.75) is 6.18 Å². The van der Waals surface area contributed by atoms with Crippen molar-refractivity contribution in [1.82, 2.24) is 0 Å². The van der Waals surface area contributed by atoms with E-state index >= 15 is 0 Å². The van der Waals surface area contributed by atoms with Gasteiger partial charge in [0.1, 0.15) is 16.9 Å². The number of halogens is 4. The first-order valence-electron chi connectivity index (χ1n) is 3.57. The molecule has 0 aliphatic heterocycles. The standard InChI is InChI=1S/C8H4BrF3O3/c9-4-2-1-3(7(14)15)6(13)5(4)8(10,11)12/h1-2,13H,(H,14,15). The van der Waals surface area contributed by atoms with Gasteiger partial charge in [0.05, 0.1) is 0 Å². The van der Waals surface area contributed by atoms with E-state index in [-0.39, 0.29) is 0 Å². The molecular weight excluding hydrogens is 281 g/mol. The molecule has 0 spiro atoms. The van der Waals surface area contributed by atoms with Crippen LogP contribution in [0, 0.1) is 0 Å². The Morgan fingerprint density at radius 2 is 1.87 bits per heavy atom. The highest BCUT2D eigenvalue weighted by Gasteiger charge is 2.38. The fraction of sp³-hybridized carbons (Fsp3) is 0.125. The van der Waals surface area contributed by atoms with Gasteiger partial charge in [-0.05, 0) is 12.1 Å². The molecule has 0 unspecified atom stereocenters. The first kappa shape index (κ1) is 11.8. The molecule has 2 N–H and O–H groups in total. The number of hydrogen-bond acceptors (Lipinski definition) is 2. The van der Waals surface area contributed by atoms with Crippen molar-refractivity contribution in [3.8, 4) is 5.75 Å². The van der Waals surface area contributed by atoms with Crippen LogP contribution >= 0.6 is 15.9 Å². The fourth-order valence-electron chi connectivity index (χ4n) is 1.01. The average molecular weight is 285 g/mol. The monoisotopic (exact) mass is 284 g/mol. The van der Waals surface area contributed by atoms with Crippen LogP contribution in [0.1, 0.15) is 15.9 Å². The summed E-state index contributed by atoms with van der Waals surface area (Å²) in [6.45, 7) is 0. The molecule has 0 saturated heterocycles. The van der Waals surface area contributed by atoms with E-state index in [1.807, 2.05) is 0 Å². The van der Waals surface area contributed by atoms with Crippen molar-refractivity contribution in [1.29, 1.82) is 0 Å². The summed E-state index contributed by atoms with van der Waals surface area (Å²) in [5, 5.41) is 17.6. The Balaban J connectivity index is 3.51. The average Bonchev–Trinajstić information content (AvgIpc) is 2.00. The van der Waals surface area contributed by atoms with Gasteiger partial charge in [-0.2, -0.15) is 13.2 Å². The minimum atomic E-state index is -4.81. The van der Waals surface area contributed by atoms with E-state index in [1.54, 1.807) is 0 Å². The maximum absolute atomic E-state index is 12.4. The first-order chi connectivity index (χ1) is 6.75. The number of hydrogen-bond donors (Lipinski definition) is 2. The summed E-state index contributed by atoms with van der Waals surface area (Å²) in [6.07, 6.45) is -4.81. The second-order valence-electron chi connectivity index (χ2n) is 2.62. The van der Waals surface area contributed by atoms with E-state index in [9.17, 15) is 18.0 Å². The highest BCUT2D eigenvalue weighted by Crippen LogP contribution is 2.42. The predicted molar refractivity (Wildman–Crippen MR) is 47.8 cm³/mol. The second-order valence-corrected chi connectivity index (χ2v) is 3.48. The summed E-state index contributed by atoms with van der Waals surface area (Å²) in [7, 11) is 0. The lowest BCUT2D eigenvalue weighted by Crippen LogP contribution is -2.09. The zero-order valence-electron chi connectivity index (χ0n) is 6.97. The highest BCUT2D eigenvalue weighted by atomic mass is 79.9. The molecule has 0 bridgehead atoms. The third-order valence-corrected chi connectivity index (χ3v) is 2.30. The number of rotatable bonds is 1. The molecule has 3 nitrogen and oxygen atoms in total. The molecule has 0 aliphatic carbocycles. The lowest BCUT2D eigenvalue weighted by atomic mass is 10.1. The fourth-order valence-corrected chi connectivity index (χ4v) is 1.55. The van der Waals surface area contributed by atoms with Crippen LogP contribution < -0.4 is 0 Å². The number of alkyl halides is 3. The molecule has 1 aromatic rings. The van der Waals surface area contributed by atoms with Crippen molar-refractivity contribution in [2.24, 2.45) is 0 Å². The van der Waals surface area contributed by atoms with Gasteiger partial charge in [0.15, 0.2) is 0 Å². The quantitative estimate of drug-likeness (QED) is 0.834. The van der Waals surface area contributed by atoms with E-state index in [4.69, 9.17) is 10.2 Å². The summed E-state index contributed by atoms with van der Waals surface area (Å²) in [5.41, 5.74) is -2.17. The molecule has 82 valence electrons. The molecule has 0 aliphatic rings. The number of aromatic hydroxyl groups is 1. The smallest absolute Gasteiger partial charge is 0.421 e. The Morgan fingerprint density at radius 1 is 1.33 bits per heavy atom.